The van der Waals surface area contributed by atoms with Crippen molar-refractivity contribution in [3.8, 4) is 11.8 Å². The minimum absolute atomic E-state index is 0.0482. The van der Waals surface area contributed by atoms with Crippen molar-refractivity contribution < 1.29 is 4.39 Å². The highest BCUT2D eigenvalue weighted by molar-refractivity contribution is 7.27. The first-order valence-electron chi connectivity index (χ1n) is 4.46. The van der Waals surface area contributed by atoms with Crippen molar-refractivity contribution in [2.75, 3.05) is 0 Å². The van der Waals surface area contributed by atoms with Crippen molar-refractivity contribution >= 4 is 14.5 Å². The molecule has 0 bridgehead atoms. The smallest absolute Gasteiger partial charge is 0.125 e. The Balaban J connectivity index is 3.02. The van der Waals surface area contributed by atoms with E-state index in [0.717, 1.165) is 10.9 Å². The van der Waals surface area contributed by atoms with Crippen molar-refractivity contribution in [2.24, 2.45) is 5.41 Å². The molecule has 1 rings (SSSR count). The Morgan fingerprint density at radius 1 is 1.21 bits per heavy atom. The molecule has 0 aliphatic heterocycles. The van der Waals surface area contributed by atoms with Gasteiger partial charge in [-0.05, 0) is 44.3 Å². The van der Waals surface area contributed by atoms with E-state index in [-0.39, 0.29) is 11.2 Å². The summed E-state index contributed by atoms with van der Waals surface area (Å²) in [7, 11) is 2.47. The van der Waals surface area contributed by atoms with E-state index in [1.807, 2.05) is 26.8 Å². The van der Waals surface area contributed by atoms with Gasteiger partial charge >= 0.3 is 0 Å². The minimum atomic E-state index is -0.240. The highest BCUT2D eigenvalue weighted by atomic mass is 31.0. The van der Waals surface area contributed by atoms with Gasteiger partial charge in [0.1, 0.15) is 5.82 Å². The summed E-state index contributed by atoms with van der Waals surface area (Å²) in [6.45, 7) is 6.09. The molecule has 0 aromatic heterocycles. The molecular formula is C12H14FP. The standard InChI is InChI=1S/C12H14FP/c1-12(2,3)5-4-9-6-10(13)8-11(14)7-9/h6-8H,14H2,1-3H3. The average Bonchev–Trinajstić information content (AvgIpc) is 1.97. The maximum Gasteiger partial charge on any atom is 0.125 e. The van der Waals surface area contributed by atoms with E-state index < -0.39 is 0 Å². The van der Waals surface area contributed by atoms with Crippen molar-refractivity contribution in [2.45, 2.75) is 20.8 Å². The molecule has 14 heavy (non-hydrogen) atoms. The molecule has 0 aliphatic rings. The van der Waals surface area contributed by atoms with Gasteiger partial charge in [0.15, 0.2) is 0 Å². The molecule has 1 aromatic carbocycles. The van der Waals surface area contributed by atoms with E-state index >= 15 is 0 Å². The number of hydrogen-bond donors (Lipinski definition) is 0. The third-order valence-corrected chi connectivity index (χ3v) is 1.84. The Kier molecular flexibility index (Phi) is 3.29. The van der Waals surface area contributed by atoms with E-state index in [1.54, 1.807) is 0 Å². The van der Waals surface area contributed by atoms with Crippen molar-refractivity contribution in [3.05, 3.63) is 29.6 Å². The van der Waals surface area contributed by atoms with Gasteiger partial charge in [-0.2, -0.15) is 0 Å². The molecular weight excluding hydrogens is 194 g/mol. The normalized spacial score (nSPS) is 10.6. The molecule has 0 saturated heterocycles. The molecule has 2 heteroatoms. The van der Waals surface area contributed by atoms with Crippen LogP contribution >= 0.6 is 9.24 Å². The maximum atomic E-state index is 13.0. The molecule has 0 nitrogen and oxygen atoms in total. The zero-order chi connectivity index (χ0) is 10.8. The van der Waals surface area contributed by atoms with Gasteiger partial charge in [0.25, 0.3) is 0 Å². The lowest BCUT2D eigenvalue weighted by molar-refractivity contribution is 0.571. The molecule has 1 aromatic rings. The molecule has 74 valence electrons. The van der Waals surface area contributed by atoms with Gasteiger partial charge in [0, 0.05) is 11.0 Å². The molecule has 0 spiro atoms. The monoisotopic (exact) mass is 208 g/mol. The molecule has 0 heterocycles. The highest BCUT2D eigenvalue weighted by Crippen LogP contribution is 2.11. The summed E-state index contributed by atoms with van der Waals surface area (Å²) in [5.41, 5.74) is 0.679. The van der Waals surface area contributed by atoms with Gasteiger partial charge in [0.2, 0.25) is 0 Å². The molecule has 1 atom stereocenters. The van der Waals surface area contributed by atoms with Crippen LogP contribution in [0, 0.1) is 23.1 Å². The van der Waals surface area contributed by atoms with Crippen LogP contribution < -0.4 is 5.30 Å². The van der Waals surface area contributed by atoms with Crippen LogP contribution in [0.3, 0.4) is 0 Å². The van der Waals surface area contributed by atoms with Gasteiger partial charge in [0.05, 0.1) is 0 Å². The molecule has 0 amide bonds. The summed E-state index contributed by atoms with van der Waals surface area (Å²) >= 11 is 0. The fourth-order valence-electron chi connectivity index (χ4n) is 0.944. The average molecular weight is 208 g/mol. The first kappa shape index (κ1) is 11.2. The zero-order valence-electron chi connectivity index (χ0n) is 8.69. The molecule has 0 N–H and O–H groups in total. The number of benzene rings is 1. The van der Waals surface area contributed by atoms with Crippen LogP contribution in [0.25, 0.3) is 0 Å². The Hall–Kier alpha value is -0.860. The number of halogens is 1. The SMILES string of the molecule is CC(C)(C)C#Cc1cc(F)cc(P)c1. The van der Waals surface area contributed by atoms with E-state index in [2.05, 4.69) is 21.1 Å². The number of rotatable bonds is 0. The van der Waals surface area contributed by atoms with E-state index in [0.29, 0.717) is 0 Å². The summed E-state index contributed by atoms with van der Waals surface area (Å²) in [5.74, 6) is 5.79. The summed E-state index contributed by atoms with van der Waals surface area (Å²) in [4.78, 5) is 0. The van der Waals surface area contributed by atoms with E-state index in [9.17, 15) is 4.39 Å². The minimum Gasteiger partial charge on any atom is -0.207 e. The third-order valence-electron chi connectivity index (χ3n) is 1.50. The molecule has 0 aliphatic carbocycles. The van der Waals surface area contributed by atoms with Crippen LogP contribution in [0.1, 0.15) is 26.3 Å². The Bertz CT molecular complexity index is 371. The fraction of sp³-hybridized carbons (Fsp3) is 0.333. The second-order valence-electron chi connectivity index (χ2n) is 4.27. The van der Waals surface area contributed by atoms with Crippen LogP contribution in [-0.4, -0.2) is 0 Å². The Labute approximate surface area is 87.1 Å². The topological polar surface area (TPSA) is 0 Å². The lowest BCUT2D eigenvalue weighted by Crippen LogP contribution is -2.00. The zero-order valence-corrected chi connectivity index (χ0v) is 9.84. The number of hydrogen-bond acceptors (Lipinski definition) is 0. The van der Waals surface area contributed by atoms with Crippen LogP contribution in [0.5, 0.6) is 0 Å². The van der Waals surface area contributed by atoms with Gasteiger partial charge in [-0.25, -0.2) is 4.39 Å². The van der Waals surface area contributed by atoms with Gasteiger partial charge in [-0.15, -0.1) is 9.24 Å². The summed E-state index contributed by atoms with van der Waals surface area (Å²) in [5, 5.41) is 0.822. The molecule has 0 fully saturated rings. The second kappa shape index (κ2) is 4.11. The van der Waals surface area contributed by atoms with Crippen molar-refractivity contribution in [3.63, 3.8) is 0 Å². The van der Waals surface area contributed by atoms with Crippen molar-refractivity contribution in [1.29, 1.82) is 0 Å². The summed E-state index contributed by atoms with van der Waals surface area (Å²) in [6, 6.07) is 4.77. The Morgan fingerprint density at radius 2 is 1.86 bits per heavy atom. The van der Waals surface area contributed by atoms with Crippen LogP contribution in [0.4, 0.5) is 4.39 Å². The van der Waals surface area contributed by atoms with Gasteiger partial charge in [-0.3, -0.25) is 0 Å². The molecule has 1 unspecified atom stereocenters. The van der Waals surface area contributed by atoms with Gasteiger partial charge < -0.3 is 0 Å². The first-order valence-corrected chi connectivity index (χ1v) is 5.04. The van der Waals surface area contributed by atoms with Gasteiger partial charge in [-0.1, -0.05) is 11.8 Å². The van der Waals surface area contributed by atoms with Crippen LogP contribution in [-0.2, 0) is 0 Å². The molecule has 0 saturated carbocycles. The predicted octanol–water partition coefficient (Wildman–Crippen LogP) is 2.72. The van der Waals surface area contributed by atoms with Crippen molar-refractivity contribution in [1.82, 2.24) is 0 Å². The Morgan fingerprint density at radius 3 is 2.36 bits per heavy atom. The highest BCUT2D eigenvalue weighted by Gasteiger charge is 2.03. The summed E-state index contributed by atoms with van der Waals surface area (Å²) in [6.07, 6.45) is 0. The lowest BCUT2D eigenvalue weighted by atomic mass is 9.97. The maximum absolute atomic E-state index is 13.0. The van der Waals surface area contributed by atoms with Crippen LogP contribution in [0.15, 0.2) is 18.2 Å². The van der Waals surface area contributed by atoms with Crippen LogP contribution in [0.2, 0.25) is 0 Å². The lowest BCUT2D eigenvalue weighted by Gasteiger charge is -2.06. The fourth-order valence-corrected chi connectivity index (χ4v) is 1.28. The second-order valence-corrected chi connectivity index (χ2v) is 4.94. The third kappa shape index (κ3) is 3.90. The predicted molar refractivity (Wildman–Crippen MR) is 62.1 cm³/mol. The quantitative estimate of drug-likeness (QED) is 0.454. The first-order chi connectivity index (χ1) is 6.37. The summed E-state index contributed by atoms with van der Waals surface area (Å²) < 4.78 is 13.0. The van der Waals surface area contributed by atoms with E-state index in [1.165, 1.54) is 12.1 Å². The molecule has 0 radical (unpaired) electrons. The largest absolute Gasteiger partial charge is 0.207 e. The van der Waals surface area contributed by atoms with E-state index in [4.69, 9.17) is 0 Å².